The van der Waals surface area contributed by atoms with Crippen LogP contribution in [0.4, 0.5) is 23.2 Å². The Morgan fingerprint density at radius 1 is 1.14 bits per heavy atom. The second-order valence-corrected chi connectivity index (χ2v) is 7.96. The van der Waals surface area contributed by atoms with Crippen molar-refractivity contribution in [3.63, 3.8) is 0 Å². The van der Waals surface area contributed by atoms with Crippen LogP contribution in [0.1, 0.15) is 5.56 Å². The van der Waals surface area contributed by atoms with Gasteiger partial charge in [-0.05, 0) is 54.4 Å². The van der Waals surface area contributed by atoms with Gasteiger partial charge in [-0.3, -0.25) is 4.79 Å². The normalized spacial score (nSPS) is 14.0. The topological polar surface area (TPSA) is 75.7 Å². The molecule has 0 saturated carbocycles. The number of amides is 1. The summed E-state index contributed by atoms with van der Waals surface area (Å²) in [6, 6.07) is 8.80. The highest BCUT2D eigenvalue weighted by molar-refractivity contribution is 7.89. The van der Waals surface area contributed by atoms with Gasteiger partial charge in [-0.25, -0.2) is 17.5 Å². The molecule has 1 heterocycles. The predicted octanol–water partition coefficient (Wildman–Crippen LogP) is 2.63. The van der Waals surface area contributed by atoms with Gasteiger partial charge in [0.2, 0.25) is 10.0 Å². The minimum atomic E-state index is -5.00. The molecule has 6 nitrogen and oxygen atoms in total. The molecule has 0 radical (unpaired) electrons. The smallest absolute Gasteiger partial charge is 0.471 e. The first-order valence-electron chi connectivity index (χ1n) is 8.47. The highest BCUT2D eigenvalue weighted by Crippen LogP contribution is 2.33. The molecule has 29 heavy (non-hydrogen) atoms. The number of benzene rings is 2. The number of hydrogen-bond donors (Lipinski definition) is 1. The van der Waals surface area contributed by atoms with E-state index in [0.717, 1.165) is 6.07 Å². The van der Waals surface area contributed by atoms with E-state index in [1.165, 1.54) is 36.4 Å². The first-order valence-corrected chi connectivity index (χ1v) is 9.96. The minimum Gasteiger partial charge on any atom is -0.492 e. The maximum atomic E-state index is 12.8. The van der Waals surface area contributed by atoms with Crippen LogP contribution in [0.25, 0.3) is 0 Å². The van der Waals surface area contributed by atoms with Crippen molar-refractivity contribution >= 4 is 21.6 Å². The average molecular weight is 432 g/mol. The lowest BCUT2D eigenvalue weighted by molar-refractivity contribution is -0.170. The number of hydrogen-bond acceptors (Lipinski definition) is 4. The summed E-state index contributed by atoms with van der Waals surface area (Å²) in [5.41, 5.74) is 0.388. The van der Waals surface area contributed by atoms with Crippen LogP contribution < -0.4 is 14.4 Å². The zero-order valence-corrected chi connectivity index (χ0v) is 15.7. The SMILES string of the molecule is O=C(N1CCc2cc(S(=O)(=O)NCCOc3ccc(F)cc3)ccc21)C(F)(F)F. The van der Waals surface area contributed by atoms with Crippen LogP contribution in [0.5, 0.6) is 5.75 Å². The van der Waals surface area contributed by atoms with Gasteiger partial charge in [0.15, 0.2) is 0 Å². The first kappa shape index (κ1) is 21.1. The summed E-state index contributed by atoms with van der Waals surface area (Å²) < 4.78 is 83.2. The van der Waals surface area contributed by atoms with Crippen LogP contribution in [-0.4, -0.2) is 40.2 Å². The molecule has 1 aliphatic rings. The number of anilines is 1. The fourth-order valence-corrected chi connectivity index (χ4v) is 3.93. The summed E-state index contributed by atoms with van der Waals surface area (Å²) in [7, 11) is -3.92. The summed E-state index contributed by atoms with van der Waals surface area (Å²) in [6.07, 6.45) is -4.88. The summed E-state index contributed by atoms with van der Waals surface area (Å²) in [4.78, 5) is 11.9. The Morgan fingerprint density at radius 2 is 1.83 bits per heavy atom. The molecule has 0 atom stereocenters. The van der Waals surface area contributed by atoms with E-state index in [0.29, 0.717) is 16.2 Å². The van der Waals surface area contributed by atoms with Gasteiger partial charge in [0, 0.05) is 18.8 Å². The highest BCUT2D eigenvalue weighted by Gasteiger charge is 2.44. The number of halogens is 4. The quantitative estimate of drug-likeness (QED) is 0.563. The van der Waals surface area contributed by atoms with E-state index in [1.807, 2.05) is 0 Å². The minimum absolute atomic E-state index is 0.0103. The number of carbonyl (C=O) groups is 1. The number of ether oxygens (including phenoxy) is 1. The van der Waals surface area contributed by atoms with Crippen LogP contribution in [0, 0.1) is 5.82 Å². The lowest BCUT2D eigenvalue weighted by atomic mass is 10.2. The van der Waals surface area contributed by atoms with Gasteiger partial charge in [-0.2, -0.15) is 13.2 Å². The summed E-state index contributed by atoms with van der Waals surface area (Å²) >= 11 is 0. The monoisotopic (exact) mass is 432 g/mol. The van der Waals surface area contributed by atoms with Crippen molar-refractivity contribution in [2.75, 3.05) is 24.6 Å². The number of alkyl halides is 3. The number of rotatable bonds is 6. The van der Waals surface area contributed by atoms with E-state index in [9.17, 15) is 30.8 Å². The molecule has 1 amide bonds. The molecule has 0 unspecified atom stereocenters. The van der Waals surface area contributed by atoms with E-state index >= 15 is 0 Å². The molecule has 0 fully saturated rings. The van der Waals surface area contributed by atoms with Crippen molar-refractivity contribution in [1.82, 2.24) is 4.72 Å². The van der Waals surface area contributed by atoms with E-state index in [2.05, 4.69) is 4.72 Å². The zero-order valence-electron chi connectivity index (χ0n) is 14.9. The lowest BCUT2D eigenvalue weighted by Gasteiger charge is -2.19. The Labute approximate surface area is 164 Å². The maximum Gasteiger partial charge on any atom is 0.471 e. The molecule has 11 heteroatoms. The van der Waals surface area contributed by atoms with Gasteiger partial charge in [0.25, 0.3) is 0 Å². The lowest BCUT2D eigenvalue weighted by Crippen LogP contribution is -2.40. The van der Waals surface area contributed by atoms with E-state index in [4.69, 9.17) is 4.74 Å². The Balaban J connectivity index is 1.63. The zero-order chi connectivity index (χ0) is 21.2. The van der Waals surface area contributed by atoms with Gasteiger partial charge >= 0.3 is 12.1 Å². The number of nitrogens with one attached hydrogen (secondary N) is 1. The van der Waals surface area contributed by atoms with E-state index < -0.39 is 27.9 Å². The molecular formula is C18H16F4N2O4S. The predicted molar refractivity (Wildman–Crippen MR) is 95.6 cm³/mol. The fourth-order valence-electron chi connectivity index (χ4n) is 2.87. The van der Waals surface area contributed by atoms with Crippen LogP contribution in [0.15, 0.2) is 47.4 Å². The number of carbonyl (C=O) groups excluding carboxylic acids is 1. The number of nitrogens with zero attached hydrogens (tertiary/aromatic N) is 1. The average Bonchev–Trinajstić information content (AvgIpc) is 3.08. The highest BCUT2D eigenvalue weighted by atomic mass is 32.2. The third-order valence-corrected chi connectivity index (χ3v) is 5.68. The second-order valence-electron chi connectivity index (χ2n) is 6.20. The van der Waals surface area contributed by atoms with Crippen molar-refractivity contribution in [1.29, 1.82) is 0 Å². The van der Waals surface area contributed by atoms with Gasteiger partial charge in [-0.15, -0.1) is 0 Å². The maximum absolute atomic E-state index is 12.8. The van der Waals surface area contributed by atoms with Crippen molar-refractivity contribution in [2.24, 2.45) is 0 Å². The molecule has 156 valence electrons. The molecule has 2 aromatic carbocycles. The molecule has 0 saturated heterocycles. The van der Waals surface area contributed by atoms with Gasteiger partial charge in [0.05, 0.1) is 4.90 Å². The molecule has 0 aliphatic carbocycles. The van der Waals surface area contributed by atoms with Gasteiger partial charge < -0.3 is 9.64 Å². The van der Waals surface area contributed by atoms with Crippen LogP contribution >= 0.6 is 0 Å². The Bertz CT molecular complexity index is 1010. The first-order chi connectivity index (χ1) is 13.6. The molecule has 0 spiro atoms. The molecular weight excluding hydrogens is 416 g/mol. The molecule has 1 aliphatic heterocycles. The Morgan fingerprint density at radius 3 is 2.48 bits per heavy atom. The van der Waals surface area contributed by atoms with Gasteiger partial charge in [-0.1, -0.05) is 0 Å². The Kier molecular flexibility index (Phi) is 5.80. The van der Waals surface area contributed by atoms with Crippen LogP contribution in [0.3, 0.4) is 0 Å². The largest absolute Gasteiger partial charge is 0.492 e. The van der Waals surface area contributed by atoms with E-state index in [-0.39, 0.29) is 36.7 Å². The van der Waals surface area contributed by atoms with Gasteiger partial charge in [0.1, 0.15) is 18.2 Å². The summed E-state index contributed by atoms with van der Waals surface area (Å²) in [5, 5.41) is 0. The summed E-state index contributed by atoms with van der Waals surface area (Å²) in [5.74, 6) is -2.04. The van der Waals surface area contributed by atoms with Crippen LogP contribution in [0.2, 0.25) is 0 Å². The Hall–Kier alpha value is -2.66. The van der Waals surface area contributed by atoms with Crippen molar-refractivity contribution in [2.45, 2.75) is 17.5 Å². The summed E-state index contributed by atoms with van der Waals surface area (Å²) in [6.45, 7) is -0.255. The van der Waals surface area contributed by atoms with Crippen molar-refractivity contribution in [3.8, 4) is 5.75 Å². The molecule has 3 rings (SSSR count). The second kappa shape index (κ2) is 7.99. The van der Waals surface area contributed by atoms with Crippen molar-refractivity contribution < 1.29 is 35.5 Å². The third-order valence-electron chi connectivity index (χ3n) is 4.22. The number of fused-ring (bicyclic) bond motifs is 1. The molecule has 1 N–H and O–H groups in total. The van der Waals surface area contributed by atoms with Crippen LogP contribution in [-0.2, 0) is 21.2 Å². The number of sulfonamides is 1. The molecule has 0 aromatic heterocycles. The molecule has 2 aromatic rings. The van der Waals surface area contributed by atoms with Crippen molar-refractivity contribution in [3.05, 3.63) is 53.8 Å². The fraction of sp³-hybridized carbons (Fsp3) is 0.278. The molecule has 0 bridgehead atoms. The standard InChI is InChI=1S/C18H16F4N2O4S/c19-13-1-3-14(4-2-13)28-10-8-23-29(26,27)15-5-6-16-12(11-15)7-9-24(16)17(25)18(20,21)22/h1-6,11,23H,7-10H2. The third kappa shape index (κ3) is 4.85. The van der Waals surface area contributed by atoms with E-state index in [1.54, 1.807) is 0 Å².